The van der Waals surface area contributed by atoms with Crippen LogP contribution < -0.4 is 0 Å². The molecular formula is C6H11N5O. The molecule has 0 radical (unpaired) electrons. The third-order valence-electron chi connectivity index (χ3n) is 1.22. The van der Waals surface area contributed by atoms with Crippen LogP contribution in [0.25, 0.3) is 0 Å². The van der Waals surface area contributed by atoms with Gasteiger partial charge >= 0.3 is 0 Å². The second-order valence-electron chi connectivity index (χ2n) is 1.98. The van der Waals surface area contributed by atoms with E-state index in [9.17, 15) is 0 Å². The zero-order chi connectivity index (χ0) is 8.81. The highest BCUT2D eigenvalue weighted by molar-refractivity contribution is 5.50. The number of aromatic nitrogens is 4. The van der Waals surface area contributed by atoms with Crippen molar-refractivity contribution in [1.29, 1.82) is 0 Å². The molecule has 1 heterocycles. The minimum absolute atomic E-state index is 0.464. The lowest BCUT2D eigenvalue weighted by molar-refractivity contribution is 0.343. The lowest BCUT2D eigenvalue weighted by atomic mass is 10.7. The maximum atomic E-state index is 4.91. The number of aryl methyl sites for hydroxylation is 1. The number of nitrogens with zero attached hydrogens (tertiary/aromatic N) is 5. The summed E-state index contributed by atoms with van der Waals surface area (Å²) in [6.45, 7) is 5.12. The Labute approximate surface area is 70.2 Å². The topological polar surface area (TPSA) is 65.2 Å². The fraction of sp³-hybridized carbons (Fsp3) is 0.667. The van der Waals surface area contributed by atoms with Crippen LogP contribution in [0.2, 0.25) is 0 Å². The first-order valence-electron chi connectivity index (χ1n) is 3.78. The Morgan fingerprint density at radius 2 is 2.42 bits per heavy atom. The van der Waals surface area contributed by atoms with Crippen molar-refractivity contribution in [3.63, 3.8) is 0 Å². The van der Waals surface area contributed by atoms with Crippen molar-refractivity contribution in [2.24, 2.45) is 4.99 Å². The Kier molecular flexibility index (Phi) is 3.18. The molecule has 66 valence electrons. The summed E-state index contributed by atoms with van der Waals surface area (Å²) in [5.74, 6) is 0.464. The van der Waals surface area contributed by atoms with Crippen LogP contribution in [0.4, 0.5) is 5.95 Å². The third kappa shape index (κ3) is 2.01. The van der Waals surface area contributed by atoms with E-state index >= 15 is 0 Å². The molecule has 1 aromatic heterocycles. The summed E-state index contributed by atoms with van der Waals surface area (Å²) in [7, 11) is 0. The van der Waals surface area contributed by atoms with Gasteiger partial charge in [0.25, 0.3) is 5.95 Å². The molecule has 0 unspecified atom stereocenters. The quantitative estimate of drug-likeness (QED) is 0.483. The number of aliphatic imine (C=N–C) groups is 1. The minimum Gasteiger partial charge on any atom is -0.483 e. The second kappa shape index (κ2) is 4.42. The van der Waals surface area contributed by atoms with E-state index in [1.54, 1.807) is 4.68 Å². The van der Waals surface area contributed by atoms with Gasteiger partial charge in [-0.25, -0.2) is 4.68 Å². The van der Waals surface area contributed by atoms with Crippen LogP contribution in [-0.4, -0.2) is 33.2 Å². The first kappa shape index (κ1) is 8.63. The van der Waals surface area contributed by atoms with Crippen LogP contribution in [-0.2, 0) is 11.3 Å². The molecule has 0 atom stereocenters. The van der Waals surface area contributed by atoms with E-state index in [4.69, 9.17) is 4.74 Å². The third-order valence-corrected chi connectivity index (χ3v) is 1.22. The van der Waals surface area contributed by atoms with E-state index in [2.05, 4.69) is 20.5 Å². The van der Waals surface area contributed by atoms with Gasteiger partial charge in [0.15, 0.2) is 6.40 Å². The van der Waals surface area contributed by atoms with Gasteiger partial charge in [-0.3, -0.25) is 0 Å². The first-order valence-corrected chi connectivity index (χ1v) is 3.78. The van der Waals surface area contributed by atoms with Crippen molar-refractivity contribution in [3.05, 3.63) is 0 Å². The molecule has 0 aliphatic rings. The molecule has 12 heavy (non-hydrogen) atoms. The SMILES string of the molecule is CCO/C=N/c1nnnn1CC. The predicted molar refractivity (Wildman–Crippen MR) is 43.3 cm³/mol. The predicted octanol–water partition coefficient (Wildman–Crippen LogP) is 0.389. The van der Waals surface area contributed by atoms with Crippen LogP contribution in [0, 0.1) is 0 Å². The van der Waals surface area contributed by atoms with Gasteiger partial charge < -0.3 is 4.74 Å². The Morgan fingerprint density at radius 3 is 3.08 bits per heavy atom. The van der Waals surface area contributed by atoms with Gasteiger partial charge in [-0.15, -0.1) is 0 Å². The molecule has 0 saturated carbocycles. The molecular weight excluding hydrogens is 158 g/mol. The highest BCUT2D eigenvalue weighted by atomic mass is 16.5. The summed E-state index contributed by atoms with van der Waals surface area (Å²) in [5, 5.41) is 10.8. The smallest absolute Gasteiger partial charge is 0.271 e. The molecule has 0 aliphatic carbocycles. The number of hydrogen-bond acceptors (Lipinski definition) is 5. The van der Waals surface area contributed by atoms with Crippen molar-refractivity contribution in [2.75, 3.05) is 6.61 Å². The van der Waals surface area contributed by atoms with Crippen molar-refractivity contribution < 1.29 is 4.74 Å². The van der Waals surface area contributed by atoms with Crippen molar-refractivity contribution in [3.8, 4) is 0 Å². The van der Waals surface area contributed by atoms with Crippen LogP contribution >= 0.6 is 0 Å². The molecule has 0 fully saturated rings. The summed E-state index contributed by atoms with van der Waals surface area (Å²) in [5.41, 5.74) is 0. The molecule has 0 spiro atoms. The van der Waals surface area contributed by atoms with Crippen LogP contribution in [0.3, 0.4) is 0 Å². The van der Waals surface area contributed by atoms with Crippen molar-refractivity contribution in [2.45, 2.75) is 20.4 Å². The van der Waals surface area contributed by atoms with Gasteiger partial charge in [-0.1, -0.05) is 5.10 Å². The fourth-order valence-corrected chi connectivity index (χ4v) is 0.656. The molecule has 1 aromatic rings. The molecule has 0 aromatic carbocycles. The average Bonchev–Trinajstić information content (AvgIpc) is 2.52. The van der Waals surface area contributed by atoms with Gasteiger partial charge in [0, 0.05) is 6.54 Å². The van der Waals surface area contributed by atoms with E-state index in [1.807, 2.05) is 13.8 Å². The zero-order valence-corrected chi connectivity index (χ0v) is 7.14. The minimum atomic E-state index is 0.464. The summed E-state index contributed by atoms with van der Waals surface area (Å²) < 4.78 is 6.48. The van der Waals surface area contributed by atoms with Crippen LogP contribution in [0.1, 0.15) is 13.8 Å². The number of hydrogen-bond donors (Lipinski definition) is 0. The molecule has 0 saturated heterocycles. The van der Waals surface area contributed by atoms with Crippen LogP contribution in [0.5, 0.6) is 0 Å². The van der Waals surface area contributed by atoms with Gasteiger partial charge in [0.1, 0.15) is 0 Å². The van der Waals surface area contributed by atoms with Crippen molar-refractivity contribution in [1.82, 2.24) is 20.2 Å². The maximum absolute atomic E-state index is 4.91. The standard InChI is InChI=1S/C6H11N5O/c1-3-11-6(8-9-10-11)7-5-12-4-2/h5H,3-4H2,1-2H3/b7-5+. The Hall–Kier alpha value is -1.46. The van der Waals surface area contributed by atoms with E-state index in [0.717, 1.165) is 0 Å². The number of rotatable bonds is 4. The van der Waals surface area contributed by atoms with E-state index in [0.29, 0.717) is 19.1 Å². The second-order valence-corrected chi connectivity index (χ2v) is 1.98. The Balaban J connectivity index is 2.61. The molecule has 0 N–H and O–H groups in total. The Morgan fingerprint density at radius 1 is 1.58 bits per heavy atom. The summed E-state index contributed by atoms with van der Waals surface area (Å²) >= 11 is 0. The lowest BCUT2D eigenvalue weighted by Gasteiger charge is -1.93. The highest BCUT2D eigenvalue weighted by Gasteiger charge is 1.99. The van der Waals surface area contributed by atoms with Crippen molar-refractivity contribution >= 4 is 12.3 Å². The van der Waals surface area contributed by atoms with Gasteiger partial charge in [0.2, 0.25) is 0 Å². The molecule has 6 nitrogen and oxygen atoms in total. The number of ether oxygens (including phenoxy) is 1. The van der Waals surface area contributed by atoms with E-state index < -0.39 is 0 Å². The molecule has 0 bridgehead atoms. The molecule has 0 aliphatic heterocycles. The van der Waals surface area contributed by atoms with E-state index in [-0.39, 0.29) is 0 Å². The van der Waals surface area contributed by atoms with Crippen LogP contribution in [0.15, 0.2) is 4.99 Å². The van der Waals surface area contributed by atoms with E-state index in [1.165, 1.54) is 6.40 Å². The zero-order valence-electron chi connectivity index (χ0n) is 7.14. The van der Waals surface area contributed by atoms with Gasteiger partial charge in [0.05, 0.1) is 6.61 Å². The molecule has 6 heteroatoms. The van der Waals surface area contributed by atoms with Gasteiger partial charge in [-0.2, -0.15) is 4.99 Å². The normalized spacial score (nSPS) is 10.8. The molecule has 0 amide bonds. The summed E-state index contributed by atoms with van der Waals surface area (Å²) in [4.78, 5) is 3.91. The summed E-state index contributed by atoms with van der Waals surface area (Å²) in [6, 6.07) is 0. The number of tetrazole rings is 1. The lowest BCUT2D eigenvalue weighted by Crippen LogP contribution is -1.96. The highest BCUT2D eigenvalue weighted by Crippen LogP contribution is 2.01. The Bertz CT molecular complexity index is 256. The largest absolute Gasteiger partial charge is 0.483 e. The first-order chi connectivity index (χ1) is 5.88. The molecule has 1 rings (SSSR count). The monoisotopic (exact) mass is 169 g/mol. The van der Waals surface area contributed by atoms with Gasteiger partial charge in [-0.05, 0) is 24.3 Å². The summed E-state index contributed by atoms with van der Waals surface area (Å²) in [6.07, 6.45) is 1.35. The maximum Gasteiger partial charge on any atom is 0.271 e. The fourth-order valence-electron chi connectivity index (χ4n) is 0.656. The average molecular weight is 169 g/mol.